The SMILES string of the molecule is O=C(/C=C/c1ccccc1)NCCC(=O)NCc1cccnc1. The van der Waals surface area contributed by atoms with Crippen LogP contribution in [-0.2, 0) is 16.1 Å². The number of aromatic nitrogens is 1. The van der Waals surface area contributed by atoms with Gasteiger partial charge in [-0.25, -0.2) is 0 Å². The fourth-order valence-electron chi connectivity index (χ4n) is 1.89. The summed E-state index contributed by atoms with van der Waals surface area (Å²) in [6, 6.07) is 13.3. The number of nitrogens with zero attached hydrogens (tertiary/aromatic N) is 1. The zero-order valence-corrected chi connectivity index (χ0v) is 12.7. The van der Waals surface area contributed by atoms with E-state index >= 15 is 0 Å². The Balaban J connectivity index is 1.63. The van der Waals surface area contributed by atoms with Crippen molar-refractivity contribution in [3.05, 3.63) is 72.1 Å². The normalized spacial score (nSPS) is 10.4. The molecule has 0 aliphatic heterocycles. The lowest BCUT2D eigenvalue weighted by atomic mass is 10.2. The van der Waals surface area contributed by atoms with E-state index in [1.165, 1.54) is 6.08 Å². The number of pyridine rings is 1. The number of carbonyl (C=O) groups excluding carboxylic acids is 2. The number of nitrogens with one attached hydrogen (secondary N) is 2. The average Bonchev–Trinajstić information content (AvgIpc) is 2.60. The number of rotatable bonds is 7. The van der Waals surface area contributed by atoms with Crippen molar-refractivity contribution in [1.29, 1.82) is 0 Å². The Kier molecular flexibility index (Phi) is 6.53. The lowest BCUT2D eigenvalue weighted by molar-refractivity contribution is -0.121. The van der Waals surface area contributed by atoms with E-state index in [-0.39, 0.29) is 18.2 Å². The summed E-state index contributed by atoms with van der Waals surface area (Å²) in [5.41, 5.74) is 1.90. The summed E-state index contributed by atoms with van der Waals surface area (Å²) in [7, 11) is 0. The lowest BCUT2D eigenvalue weighted by Gasteiger charge is -2.05. The van der Waals surface area contributed by atoms with Gasteiger partial charge in [-0.3, -0.25) is 14.6 Å². The van der Waals surface area contributed by atoms with Crippen molar-refractivity contribution in [3.63, 3.8) is 0 Å². The van der Waals surface area contributed by atoms with Gasteiger partial charge < -0.3 is 10.6 Å². The molecule has 1 heterocycles. The molecular weight excluding hydrogens is 290 g/mol. The standard InChI is InChI=1S/C18H19N3O2/c22-17(9-8-15-5-2-1-3-6-15)20-12-10-18(23)21-14-16-7-4-11-19-13-16/h1-9,11,13H,10,12,14H2,(H,20,22)(H,21,23)/b9-8+. The van der Waals surface area contributed by atoms with E-state index in [1.54, 1.807) is 18.5 Å². The quantitative estimate of drug-likeness (QED) is 0.768. The van der Waals surface area contributed by atoms with E-state index in [1.807, 2.05) is 42.5 Å². The minimum atomic E-state index is -0.214. The van der Waals surface area contributed by atoms with Gasteiger partial charge in [0, 0.05) is 38.0 Å². The van der Waals surface area contributed by atoms with Crippen LogP contribution in [0.15, 0.2) is 60.9 Å². The molecule has 2 rings (SSSR count). The third kappa shape index (κ3) is 6.56. The van der Waals surface area contributed by atoms with Gasteiger partial charge in [-0.1, -0.05) is 36.4 Å². The van der Waals surface area contributed by atoms with Crippen molar-refractivity contribution in [3.8, 4) is 0 Å². The van der Waals surface area contributed by atoms with Crippen LogP contribution in [0.5, 0.6) is 0 Å². The molecule has 1 aromatic heterocycles. The fraction of sp³-hybridized carbons (Fsp3) is 0.167. The molecule has 2 aromatic rings. The third-order valence-electron chi connectivity index (χ3n) is 3.09. The highest BCUT2D eigenvalue weighted by molar-refractivity contribution is 5.92. The molecule has 0 aliphatic carbocycles. The molecule has 5 heteroatoms. The van der Waals surface area contributed by atoms with Gasteiger partial charge >= 0.3 is 0 Å². The predicted molar refractivity (Wildman–Crippen MR) is 89.2 cm³/mol. The van der Waals surface area contributed by atoms with E-state index in [0.717, 1.165) is 11.1 Å². The van der Waals surface area contributed by atoms with Gasteiger partial charge in [0.15, 0.2) is 0 Å². The molecule has 23 heavy (non-hydrogen) atoms. The number of amides is 2. The molecule has 0 radical (unpaired) electrons. The molecule has 0 bridgehead atoms. The van der Waals surface area contributed by atoms with Crippen LogP contribution in [0, 0.1) is 0 Å². The summed E-state index contributed by atoms with van der Waals surface area (Å²) in [6.07, 6.45) is 6.83. The molecule has 0 fully saturated rings. The molecule has 2 amide bonds. The molecule has 0 saturated heterocycles. The Bertz CT molecular complexity index is 654. The molecular formula is C18H19N3O2. The summed E-state index contributed by atoms with van der Waals surface area (Å²) in [6.45, 7) is 0.741. The van der Waals surface area contributed by atoms with Gasteiger partial charge in [0.2, 0.25) is 11.8 Å². The van der Waals surface area contributed by atoms with Crippen molar-refractivity contribution in [2.75, 3.05) is 6.54 Å². The third-order valence-corrected chi connectivity index (χ3v) is 3.09. The zero-order valence-electron chi connectivity index (χ0n) is 12.7. The van der Waals surface area contributed by atoms with Crippen LogP contribution in [0.3, 0.4) is 0 Å². The van der Waals surface area contributed by atoms with Crippen LogP contribution < -0.4 is 10.6 Å². The van der Waals surface area contributed by atoms with E-state index in [2.05, 4.69) is 15.6 Å². The zero-order chi connectivity index (χ0) is 16.3. The molecule has 118 valence electrons. The summed E-state index contributed by atoms with van der Waals surface area (Å²) >= 11 is 0. The van der Waals surface area contributed by atoms with E-state index in [0.29, 0.717) is 13.1 Å². The maximum absolute atomic E-state index is 11.7. The highest BCUT2D eigenvalue weighted by atomic mass is 16.2. The van der Waals surface area contributed by atoms with Crippen LogP contribution in [0.2, 0.25) is 0 Å². The first-order valence-corrected chi connectivity index (χ1v) is 7.40. The molecule has 0 spiro atoms. The van der Waals surface area contributed by atoms with Crippen LogP contribution in [0.25, 0.3) is 6.08 Å². The Morgan fingerprint density at radius 1 is 1.04 bits per heavy atom. The topological polar surface area (TPSA) is 71.1 Å². The Hall–Kier alpha value is -2.95. The van der Waals surface area contributed by atoms with E-state index < -0.39 is 0 Å². The first-order valence-electron chi connectivity index (χ1n) is 7.40. The Morgan fingerprint density at radius 2 is 1.87 bits per heavy atom. The van der Waals surface area contributed by atoms with Crippen LogP contribution in [-0.4, -0.2) is 23.3 Å². The second kappa shape index (κ2) is 9.15. The van der Waals surface area contributed by atoms with Crippen molar-refractivity contribution in [2.45, 2.75) is 13.0 Å². The van der Waals surface area contributed by atoms with Gasteiger partial charge in [-0.2, -0.15) is 0 Å². The lowest BCUT2D eigenvalue weighted by Crippen LogP contribution is -2.29. The smallest absolute Gasteiger partial charge is 0.244 e. The first-order chi connectivity index (χ1) is 11.2. The number of hydrogen-bond acceptors (Lipinski definition) is 3. The Labute approximate surface area is 135 Å². The van der Waals surface area contributed by atoms with Gasteiger partial charge in [0.25, 0.3) is 0 Å². The van der Waals surface area contributed by atoms with Crippen LogP contribution in [0.1, 0.15) is 17.5 Å². The highest BCUT2D eigenvalue weighted by Gasteiger charge is 2.02. The van der Waals surface area contributed by atoms with Crippen LogP contribution >= 0.6 is 0 Å². The predicted octanol–water partition coefficient (Wildman–Crippen LogP) is 1.92. The van der Waals surface area contributed by atoms with E-state index in [9.17, 15) is 9.59 Å². The van der Waals surface area contributed by atoms with Gasteiger partial charge in [0.05, 0.1) is 0 Å². The summed E-state index contributed by atoms with van der Waals surface area (Å²) in [5, 5.41) is 5.47. The average molecular weight is 309 g/mol. The molecule has 0 saturated carbocycles. The summed E-state index contributed by atoms with van der Waals surface area (Å²) in [4.78, 5) is 27.3. The monoisotopic (exact) mass is 309 g/mol. The number of benzene rings is 1. The minimum Gasteiger partial charge on any atom is -0.352 e. The second-order valence-electron chi connectivity index (χ2n) is 4.92. The minimum absolute atomic E-state index is 0.110. The number of carbonyl (C=O) groups is 2. The van der Waals surface area contributed by atoms with Crippen LogP contribution in [0.4, 0.5) is 0 Å². The van der Waals surface area contributed by atoms with Crippen molar-refractivity contribution in [2.24, 2.45) is 0 Å². The second-order valence-corrected chi connectivity index (χ2v) is 4.92. The highest BCUT2D eigenvalue weighted by Crippen LogP contribution is 2.00. The van der Waals surface area contributed by atoms with Gasteiger partial charge in [-0.15, -0.1) is 0 Å². The molecule has 2 N–H and O–H groups in total. The maximum atomic E-state index is 11.7. The van der Waals surface area contributed by atoms with Crippen molar-refractivity contribution >= 4 is 17.9 Å². The van der Waals surface area contributed by atoms with E-state index in [4.69, 9.17) is 0 Å². The first kappa shape index (κ1) is 16.4. The van der Waals surface area contributed by atoms with Crippen molar-refractivity contribution < 1.29 is 9.59 Å². The number of hydrogen-bond donors (Lipinski definition) is 2. The summed E-state index contributed by atoms with van der Waals surface area (Å²) in [5.74, 6) is -0.324. The molecule has 0 atom stereocenters. The molecule has 0 unspecified atom stereocenters. The molecule has 5 nitrogen and oxygen atoms in total. The Morgan fingerprint density at radius 3 is 2.61 bits per heavy atom. The fourth-order valence-corrected chi connectivity index (χ4v) is 1.89. The van der Waals surface area contributed by atoms with Crippen molar-refractivity contribution in [1.82, 2.24) is 15.6 Å². The summed E-state index contributed by atoms with van der Waals surface area (Å²) < 4.78 is 0. The van der Waals surface area contributed by atoms with Gasteiger partial charge in [-0.05, 0) is 23.3 Å². The molecule has 1 aromatic carbocycles. The van der Waals surface area contributed by atoms with Gasteiger partial charge in [0.1, 0.15) is 0 Å². The molecule has 0 aliphatic rings. The largest absolute Gasteiger partial charge is 0.352 e. The maximum Gasteiger partial charge on any atom is 0.244 e.